The smallest absolute Gasteiger partial charge is 0.322 e. The van der Waals surface area contributed by atoms with Crippen LogP contribution in [0.4, 0.5) is 0 Å². The van der Waals surface area contributed by atoms with E-state index < -0.39 is 91.9 Å². The first-order valence-electron chi connectivity index (χ1n) is 9.25. The summed E-state index contributed by atoms with van der Waals surface area (Å²) in [6.07, 6.45) is -1.29. The van der Waals surface area contributed by atoms with E-state index in [1.165, 1.54) is 0 Å². The van der Waals surface area contributed by atoms with Gasteiger partial charge in [0.2, 0.25) is 41.4 Å². The second-order valence-electron chi connectivity index (χ2n) is 6.39. The number of carbonyl (C=O) groups is 8. The van der Waals surface area contributed by atoms with Gasteiger partial charge in [0.1, 0.15) is 18.6 Å². The molecule has 0 spiro atoms. The lowest BCUT2D eigenvalue weighted by molar-refractivity contribution is -0.138. The van der Waals surface area contributed by atoms with Crippen LogP contribution in [0.5, 0.6) is 0 Å². The summed E-state index contributed by atoms with van der Waals surface area (Å²) in [7, 11) is 0. The number of carbonyl (C=O) groups excluding carboxylic acids is 7. The summed E-state index contributed by atoms with van der Waals surface area (Å²) >= 11 is 0. The van der Waals surface area contributed by atoms with Crippen molar-refractivity contribution in [2.75, 3.05) is 26.2 Å². The van der Waals surface area contributed by atoms with Gasteiger partial charge in [0.05, 0.1) is 32.5 Å². The van der Waals surface area contributed by atoms with Crippen molar-refractivity contribution >= 4 is 47.3 Å². The zero-order chi connectivity index (χ0) is 25.6. The number of nitrogens with one attached hydrogen (secondary N) is 5. The highest BCUT2D eigenvalue weighted by Gasteiger charge is 2.26. The van der Waals surface area contributed by atoms with Gasteiger partial charge in [-0.15, -0.1) is 0 Å². The number of hydrogen-bond donors (Lipinski definition) is 9. The first-order chi connectivity index (χ1) is 15.3. The summed E-state index contributed by atoms with van der Waals surface area (Å²) in [5, 5.41) is 19.0. The lowest BCUT2D eigenvalue weighted by Crippen LogP contribution is -2.54. The minimum atomic E-state index is -1.52. The molecule has 33 heavy (non-hydrogen) atoms. The van der Waals surface area contributed by atoms with Gasteiger partial charge in [0.25, 0.3) is 0 Å². The minimum Gasteiger partial charge on any atom is -0.480 e. The number of primary amides is 2. The predicted octanol–water partition coefficient (Wildman–Crippen LogP) is -6.90. The molecular formula is C16H26N8O9. The van der Waals surface area contributed by atoms with Crippen LogP contribution in [0.3, 0.4) is 0 Å². The Morgan fingerprint density at radius 1 is 0.636 bits per heavy atom. The predicted molar refractivity (Wildman–Crippen MR) is 107 cm³/mol. The van der Waals surface area contributed by atoms with Crippen LogP contribution >= 0.6 is 0 Å². The Balaban J connectivity index is 4.93. The molecular weight excluding hydrogens is 448 g/mol. The van der Waals surface area contributed by atoms with E-state index in [9.17, 15) is 38.4 Å². The Hall–Kier alpha value is -4.28. The van der Waals surface area contributed by atoms with Gasteiger partial charge < -0.3 is 48.9 Å². The summed E-state index contributed by atoms with van der Waals surface area (Å²) < 4.78 is 0. The molecule has 0 aliphatic rings. The first-order valence-corrected chi connectivity index (χ1v) is 9.25. The van der Waals surface area contributed by atoms with E-state index in [0.29, 0.717) is 0 Å². The van der Waals surface area contributed by atoms with Crippen molar-refractivity contribution in [2.24, 2.45) is 17.2 Å². The highest BCUT2D eigenvalue weighted by Crippen LogP contribution is 1.94. The van der Waals surface area contributed by atoms with Crippen LogP contribution in [-0.2, 0) is 38.4 Å². The number of carboxylic acids is 1. The van der Waals surface area contributed by atoms with Crippen molar-refractivity contribution in [3.63, 3.8) is 0 Å². The molecule has 0 fully saturated rings. The zero-order valence-corrected chi connectivity index (χ0v) is 17.3. The molecule has 0 heterocycles. The Kier molecular flexibility index (Phi) is 12.8. The Morgan fingerprint density at radius 2 is 1.03 bits per heavy atom. The number of hydrogen-bond acceptors (Lipinski definition) is 9. The summed E-state index contributed by atoms with van der Waals surface area (Å²) in [6.45, 7) is -2.45. The molecule has 0 aliphatic carbocycles. The molecule has 17 nitrogen and oxygen atoms in total. The van der Waals surface area contributed by atoms with Crippen LogP contribution < -0.4 is 43.8 Å². The Labute approximate surface area is 186 Å². The Bertz CT molecular complexity index is 801. The molecule has 7 amide bonds. The second kappa shape index (κ2) is 14.7. The van der Waals surface area contributed by atoms with E-state index in [-0.39, 0.29) is 6.54 Å². The molecule has 184 valence electrons. The molecule has 17 heteroatoms. The molecule has 12 N–H and O–H groups in total. The van der Waals surface area contributed by atoms with Crippen LogP contribution in [0.2, 0.25) is 0 Å². The van der Waals surface area contributed by atoms with Gasteiger partial charge in [-0.2, -0.15) is 0 Å². The topological polar surface area (TPSA) is 295 Å². The standard InChI is InChI=1S/C16H26N8O9/c17-3-11(27)20-4-12(28)23-7(1-9(18)25)15(32)21-5-13(29)24-8(2-10(19)26)16(33)22-6-14(30)31/h7-8H,1-6,17H2,(H2,18,25)(H2,19,26)(H,20,27)(H,21,32)(H,22,33)(H,23,28)(H,24,29)(H,30,31)/t7-,8-/m0/s1. The van der Waals surface area contributed by atoms with E-state index >= 15 is 0 Å². The number of amides is 7. The van der Waals surface area contributed by atoms with Crippen LogP contribution in [0, 0.1) is 0 Å². The molecule has 0 radical (unpaired) electrons. The molecule has 0 aliphatic heterocycles. The number of aliphatic carboxylic acids is 1. The summed E-state index contributed by atoms with van der Waals surface area (Å²) in [6, 6.07) is -3.00. The van der Waals surface area contributed by atoms with Gasteiger partial charge in [0, 0.05) is 0 Å². The van der Waals surface area contributed by atoms with Crippen molar-refractivity contribution in [3.05, 3.63) is 0 Å². The molecule has 0 saturated heterocycles. The van der Waals surface area contributed by atoms with Gasteiger partial charge in [-0.3, -0.25) is 38.4 Å². The van der Waals surface area contributed by atoms with E-state index in [0.717, 1.165) is 0 Å². The quantitative estimate of drug-likeness (QED) is 0.108. The average Bonchev–Trinajstić information content (AvgIpc) is 2.72. The third-order valence-electron chi connectivity index (χ3n) is 3.58. The fourth-order valence-corrected chi connectivity index (χ4v) is 2.14. The lowest BCUT2D eigenvalue weighted by atomic mass is 10.1. The highest BCUT2D eigenvalue weighted by molar-refractivity contribution is 5.96. The van der Waals surface area contributed by atoms with Gasteiger partial charge in [-0.05, 0) is 0 Å². The SMILES string of the molecule is NCC(=O)NCC(=O)N[C@@H](CC(N)=O)C(=O)NCC(=O)N[C@@H](CC(N)=O)C(=O)NCC(=O)O. The van der Waals surface area contributed by atoms with Crippen LogP contribution in [-0.4, -0.2) is 90.7 Å². The molecule has 0 rings (SSSR count). The van der Waals surface area contributed by atoms with Crippen molar-refractivity contribution in [1.82, 2.24) is 26.6 Å². The maximum absolute atomic E-state index is 12.2. The van der Waals surface area contributed by atoms with Crippen molar-refractivity contribution in [2.45, 2.75) is 24.9 Å². The number of carboxylic acid groups (broad SMARTS) is 1. The summed E-state index contributed by atoms with van der Waals surface area (Å²) in [5.41, 5.74) is 15.1. The van der Waals surface area contributed by atoms with Gasteiger partial charge in [-0.25, -0.2) is 0 Å². The van der Waals surface area contributed by atoms with Gasteiger partial charge in [-0.1, -0.05) is 0 Å². The first kappa shape index (κ1) is 28.7. The largest absolute Gasteiger partial charge is 0.480 e. The normalized spacial score (nSPS) is 11.8. The molecule has 0 aromatic heterocycles. The fraction of sp³-hybridized carbons (Fsp3) is 0.500. The van der Waals surface area contributed by atoms with E-state index in [4.69, 9.17) is 22.3 Å². The molecule has 0 unspecified atom stereocenters. The maximum Gasteiger partial charge on any atom is 0.322 e. The maximum atomic E-state index is 12.2. The molecule has 0 aromatic carbocycles. The second-order valence-corrected chi connectivity index (χ2v) is 6.39. The van der Waals surface area contributed by atoms with Crippen molar-refractivity contribution in [1.29, 1.82) is 0 Å². The average molecular weight is 474 g/mol. The van der Waals surface area contributed by atoms with E-state index in [2.05, 4.69) is 21.3 Å². The van der Waals surface area contributed by atoms with E-state index in [1.54, 1.807) is 0 Å². The van der Waals surface area contributed by atoms with Crippen LogP contribution in [0.15, 0.2) is 0 Å². The molecule has 0 saturated carbocycles. The van der Waals surface area contributed by atoms with Crippen molar-refractivity contribution in [3.8, 4) is 0 Å². The number of nitrogens with two attached hydrogens (primary N) is 3. The monoisotopic (exact) mass is 474 g/mol. The summed E-state index contributed by atoms with van der Waals surface area (Å²) in [4.78, 5) is 91.9. The third-order valence-corrected chi connectivity index (χ3v) is 3.58. The third kappa shape index (κ3) is 13.6. The lowest BCUT2D eigenvalue weighted by Gasteiger charge is -2.19. The molecule has 0 aromatic rings. The van der Waals surface area contributed by atoms with Crippen LogP contribution in [0.25, 0.3) is 0 Å². The fourth-order valence-electron chi connectivity index (χ4n) is 2.14. The van der Waals surface area contributed by atoms with Gasteiger partial charge >= 0.3 is 5.97 Å². The molecule has 2 atom stereocenters. The van der Waals surface area contributed by atoms with E-state index in [1.807, 2.05) is 5.32 Å². The highest BCUT2D eigenvalue weighted by atomic mass is 16.4. The molecule has 0 bridgehead atoms. The summed E-state index contributed by atoms with van der Waals surface area (Å²) in [5.74, 6) is -7.76. The Morgan fingerprint density at radius 3 is 1.39 bits per heavy atom. The van der Waals surface area contributed by atoms with Gasteiger partial charge in [0.15, 0.2) is 0 Å². The van der Waals surface area contributed by atoms with Crippen LogP contribution in [0.1, 0.15) is 12.8 Å². The zero-order valence-electron chi connectivity index (χ0n) is 17.3. The van der Waals surface area contributed by atoms with Crippen molar-refractivity contribution < 1.29 is 43.5 Å². The minimum absolute atomic E-state index is 0.376. The number of rotatable bonds is 15.